The summed E-state index contributed by atoms with van der Waals surface area (Å²) in [5, 5.41) is 0.761. The van der Waals surface area contributed by atoms with Crippen molar-refractivity contribution < 1.29 is 17.9 Å². The van der Waals surface area contributed by atoms with Crippen molar-refractivity contribution in [3.8, 4) is 11.5 Å². The molecule has 0 bridgehead atoms. The van der Waals surface area contributed by atoms with E-state index in [1.54, 1.807) is 54.6 Å². The van der Waals surface area contributed by atoms with Crippen LogP contribution in [0.15, 0.2) is 71.6 Å². The van der Waals surface area contributed by atoms with Gasteiger partial charge in [0, 0.05) is 49.9 Å². The van der Waals surface area contributed by atoms with Crippen LogP contribution in [0.5, 0.6) is 11.5 Å². The molecule has 1 amide bonds. The minimum absolute atomic E-state index is 0.0376. The molecule has 2 saturated heterocycles. The third-order valence-electron chi connectivity index (χ3n) is 7.55. The van der Waals surface area contributed by atoms with Gasteiger partial charge in [-0.05, 0) is 86.9 Å². The lowest BCUT2D eigenvalue weighted by Crippen LogP contribution is -2.50. The molecule has 1 unspecified atom stereocenters. The lowest BCUT2D eigenvalue weighted by atomic mass is 9.97. The third kappa shape index (κ3) is 7.53. The summed E-state index contributed by atoms with van der Waals surface area (Å²) in [5.41, 5.74) is 0.712. The van der Waals surface area contributed by atoms with E-state index in [2.05, 4.69) is 21.6 Å². The van der Waals surface area contributed by atoms with E-state index in [1.807, 2.05) is 4.90 Å². The lowest BCUT2D eigenvalue weighted by Gasteiger charge is -2.38. The zero-order valence-electron chi connectivity index (χ0n) is 22.9. The largest absolute Gasteiger partial charge is 0.454 e. The monoisotopic (exact) mass is 616 g/mol. The van der Waals surface area contributed by atoms with Gasteiger partial charge in [0.1, 0.15) is 5.75 Å². The van der Waals surface area contributed by atoms with Gasteiger partial charge in [0.2, 0.25) is 0 Å². The van der Waals surface area contributed by atoms with Gasteiger partial charge in [0.05, 0.1) is 15.6 Å². The van der Waals surface area contributed by atoms with E-state index < -0.39 is 10.0 Å². The fourth-order valence-corrected chi connectivity index (χ4v) is 6.92. The number of carbonyl (C=O) groups excluding carboxylic acids is 1. The topological polar surface area (TPSA) is 82.2 Å². The molecule has 0 aromatic heterocycles. The predicted octanol–water partition coefficient (Wildman–Crippen LogP) is 5.69. The standard InChI is InChI=1S/C30H34Cl2N4O4S/c1-34-14-4-5-22(20-34)21-35-15-17-36(18-16-35)30(37)23-8-11-25(12-9-23)41(38,39)33-27-6-2-3-7-29(27)40-28-13-10-24(31)19-26(28)32/h2-3,6-13,19,22,33H,4-5,14-18,20-21H2,1H3. The average molecular weight is 618 g/mol. The Kier molecular flexibility index (Phi) is 9.41. The number of rotatable bonds is 8. The molecular formula is C30H34Cl2N4O4S. The number of benzene rings is 3. The molecule has 1 N–H and O–H groups in total. The number of piperidine rings is 1. The van der Waals surface area contributed by atoms with E-state index in [0.29, 0.717) is 40.4 Å². The van der Waals surface area contributed by atoms with E-state index in [4.69, 9.17) is 27.9 Å². The number of amides is 1. The molecule has 11 heteroatoms. The highest BCUT2D eigenvalue weighted by Gasteiger charge is 2.26. The second kappa shape index (κ2) is 13.0. The van der Waals surface area contributed by atoms with E-state index in [0.717, 1.165) is 26.2 Å². The third-order valence-corrected chi connectivity index (χ3v) is 9.47. The van der Waals surface area contributed by atoms with Crippen molar-refractivity contribution in [3.05, 3.63) is 82.3 Å². The lowest BCUT2D eigenvalue weighted by molar-refractivity contribution is 0.0588. The number of anilines is 1. The smallest absolute Gasteiger partial charge is 0.262 e. The number of nitrogens with one attached hydrogen (secondary N) is 1. The summed E-state index contributed by atoms with van der Waals surface area (Å²) < 4.78 is 34.9. The second-order valence-corrected chi connectivity index (χ2v) is 13.2. The van der Waals surface area contributed by atoms with Crippen LogP contribution in [0.2, 0.25) is 10.0 Å². The van der Waals surface area contributed by atoms with Crippen molar-refractivity contribution in [2.24, 2.45) is 5.92 Å². The molecule has 218 valence electrons. The van der Waals surface area contributed by atoms with Gasteiger partial charge >= 0.3 is 0 Å². The average Bonchev–Trinajstić information content (AvgIpc) is 2.95. The fourth-order valence-electron chi connectivity index (χ4n) is 5.40. The number of hydrogen-bond donors (Lipinski definition) is 1. The number of ether oxygens (including phenoxy) is 1. The number of piperazine rings is 1. The Bertz CT molecular complexity index is 1480. The fraction of sp³-hybridized carbons (Fsp3) is 0.367. The number of para-hydroxylation sites is 2. The second-order valence-electron chi connectivity index (χ2n) is 10.7. The van der Waals surface area contributed by atoms with Crippen LogP contribution in [-0.4, -0.2) is 81.9 Å². The maximum Gasteiger partial charge on any atom is 0.262 e. The number of carbonyl (C=O) groups is 1. The highest BCUT2D eigenvalue weighted by atomic mass is 35.5. The van der Waals surface area contributed by atoms with Crippen LogP contribution in [0.3, 0.4) is 0 Å². The van der Waals surface area contributed by atoms with Crippen LogP contribution in [0, 0.1) is 5.92 Å². The molecular weight excluding hydrogens is 583 g/mol. The molecule has 8 nitrogen and oxygen atoms in total. The van der Waals surface area contributed by atoms with Crippen LogP contribution < -0.4 is 9.46 Å². The van der Waals surface area contributed by atoms with Gasteiger partial charge in [-0.15, -0.1) is 0 Å². The Morgan fingerprint density at radius 1 is 0.951 bits per heavy atom. The number of hydrogen-bond acceptors (Lipinski definition) is 6. The number of sulfonamides is 1. The van der Waals surface area contributed by atoms with Crippen LogP contribution in [0.25, 0.3) is 0 Å². The number of likely N-dealkylation sites (tertiary alicyclic amines) is 1. The van der Waals surface area contributed by atoms with Crippen molar-refractivity contribution in [2.75, 3.05) is 57.6 Å². The molecule has 0 radical (unpaired) electrons. The molecule has 0 saturated carbocycles. The molecule has 1 atom stereocenters. The first-order valence-electron chi connectivity index (χ1n) is 13.7. The molecule has 2 aliphatic heterocycles. The van der Waals surface area contributed by atoms with Crippen LogP contribution in [0.4, 0.5) is 5.69 Å². The van der Waals surface area contributed by atoms with Gasteiger partial charge in [0.15, 0.2) is 5.75 Å². The van der Waals surface area contributed by atoms with Gasteiger partial charge in [0.25, 0.3) is 15.9 Å². The summed E-state index contributed by atoms with van der Waals surface area (Å²) in [6.45, 7) is 6.42. The SMILES string of the molecule is CN1CCCC(CN2CCN(C(=O)c3ccc(S(=O)(=O)Nc4ccccc4Oc4ccc(Cl)cc4Cl)cc3)CC2)C1. The van der Waals surface area contributed by atoms with Crippen molar-refractivity contribution in [1.29, 1.82) is 0 Å². The van der Waals surface area contributed by atoms with Gasteiger partial charge < -0.3 is 14.5 Å². The Hall–Kier alpha value is -2.82. The van der Waals surface area contributed by atoms with Gasteiger partial charge in [-0.2, -0.15) is 0 Å². The number of halogens is 2. The van der Waals surface area contributed by atoms with Gasteiger partial charge in [-0.1, -0.05) is 35.3 Å². The quantitative estimate of drug-likeness (QED) is 0.350. The molecule has 0 aliphatic carbocycles. The molecule has 2 aliphatic rings. The van der Waals surface area contributed by atoms with E-state index in [9.17, 15) is 13.2 Å². The van der Waals surface area contributed by atoms with Gasteiger partial charge in [-0.3, -0.25) is 14.4 Å². The first-order chi connectivity index (χ1) is 19.7. The van der Waals surface area contributed by atoms with E-state index in [-0.39, 0.29) is 22.2 Å². The normalized spacial score (nSPS) is 18.7. The zero-order chi connectivity index (χ0) is 29.0. The van der Waals surface area contributed by atoms with Crippen molar-refractivity contribution in [1.82, 2.24) is 14.7 Å². The Labute approximate surface area is 251 Å². The minimum Gasteiger partial charge on any atom is -0.454 e. The highest BCUT2D eigenvalue weighted by molar-refractivity contribution is 7.92. The molecule has 41 heavy (non-hydrogen) atoms. The van der Waals surface area contributed by atoms with Crippen molar-refractivity contribution in [2.45, 2.75) is 17.7 Å². The van der Waals surface area contributed by atoms with E-state index in [1.165, 1.54) is 31.5 Å². The van der Waals surface area contributed by atoms with E-state index >= 15 is 0 Å². The van der Waals surface area contributed by atoms with Crippen LogP contribution in [-0.2, 0) is 10.0 Å². The highest BCUT2D eigenvalue weighted by Crippen LogP contribution is 2.35. The van der Waals surface area contributed by atoms with Crippen LogP contribution in [0.1, 0.15) is 23.2 Å². The summed E-state index contributed by atoms with van der Waals surface area (Å²) >= 11 is 12.2. The molecule has 2 heterocycles. The zero-order valence-corrected chi connectivity index (χ0v) is 25.3. The maximum absolute atomic E-state index is 13.2. The Morgan fingerprint density at radius 3 is 2.39 bits per heavy atom. The first-order valence-corrected chi connectivity index (χ1v) is 16.0. The van der Waals surface area contributed by atoms with Crippen molar-refractivity contribution in [3.63, 3.8) is 0 Å². The summed E-state index contributed by atoms with van der Waals surface area (Å²) in [5.74, 6) is 1.22. The Morgan fingerprint density at radius 2 is 1.68 bits per heavy atom. The molecule has 2 fully saturated rings. The summed E-state index contributed by atoms with van der Waals surface area (Å²) in [6.07, 6.45) is 2.52. The van der Waals surface area contributed by atoms with Crippen molar-refractivity contribution >= 4 is 44.8 Å². The molecule has 5 rings (SSSR count). The number of nitrogens with zero attached hydrogens (tertiary/aromatic N) is 3. The molecule has 0 spiro atoms. The maximum atomic E-state index is 13.2. The summed E-state index contributed by atoms with van der Waals surface area (Å²) in [4.78, 5) is 19.9. The minimum atomic E-state index is -3.96. The Balaban J connectivity index is 1.20. The molecule has 3 aromatic rings. The first kappa shape index (κ1) is 29.7. The molecule has 3 aromatic carbocycles. The summed E-state index contributed by atoms with van der Waals surface area (Å²) in [7, 11) is -1.77. The van der Waals surface area contributed by atoms with Crippen LogP contribution >= 0.6 is 23.2 Å². The summed E-state index contributed by atoms with van der Waals surface area (Å²) in [6, 6.07) is 17.5. The van der Waals surface area contributed by atoms with Gasteiger partial charge in [-0.25, -0.2) is 8.42 Å². The predicted molar refractivity (Wildman–Crippen MR) is 163 cm³/mol.